The van der Waals surface area contributed by atoms with Crippen LogP contribution >= 0.6 is 0 Å². The second-order valence-corrected chi connectivity index (χ2v) is 6.88. The van der Waals surface area contributed by atoms with Crippen LogP contribution in [0.2, 0.25) is 0 Å². The predicted octanol–water partition coefficient (Wildman–Crippen LogP) is 3.28. The van der Waals surface area contributed by atoms with E-state index in [1.54, 1.807) is 6.07 Å². The number of rotatable bonds is 8. The van der Waals surface area contributed by atoms with Gasteiger partial charge in [-0.1, -0.05) is 19.9 Å². The maximum Gasteiger partial charge on any atom is 0.194 e. The second-order valence-electron chi connectivity index (χ2n) is 6.88. The fourth-order valence-corrected chi connectivity index (χ4v) is 2.82. The molecule has 0 atom stereocenters. The van der Waals surface area contributed by atoms with Crippen molar-refractivity contribution in [1.29, 1.82) is 0 Å². The molecule has 1 heterocycles. The van der Waals surface area contributed by atoms with Gasteiger partial charge in [-0.05, 0) is 30.5 Å². The number of nitrogens with zero attached hydrogens (tertiary/aromatic N) is 4. The Kier molecular flexibility index (Phi) is 7.64. The fraction of sp³-hybridized carbons (Fsp3) is 0.500. The zero-order chi connectivity index (χ0) is 19.8. The Balaban J connectivity index is 2.10. The summed E-state index contributed by atoms with van der Waals surface area (Å²) in [5.41, 5.74) is 0.850. The first-order chi connectivity index (χ1) is 12.9. The molecule has 6 nitrogen and oxygen atoms in total. The lowest BCUT2D eigenvalue weighted by Crippen LogP contribution is -2.38. The minimum absolute atomic E-state index is 0.249. The topological polar surface area (TPSA) is 54.7 Å². The van der Waals surface area contributed by atoms with Gasteiger partial charge < -0.3 is 19.5 Å². The van der Waals surface area contributed by atoms with Gasteiger partial charge in [0.2, 0.25) is 0 Å². The lowest BCUT2D eigenvalue weighted by Gasteiger charge is -2.22. The first-order valence-corrected chi connectivity index (χ1v) is 9.26. The molecule has 0 aliphatic rings. The van der Waals surface area contributed by atoms with Crippen LogP contribution < -0.4 is 10.1 Å². The highest BCUT2D eigenvalue weighted by atomic mass is 19.1. The van der Waals surface area contributed by atoms with Crippen LogP contribution in [0.4, 0.5) is 4.39 Å². The van der Waals surface area contributed by atoms with Gasteiger partial charge in [0.05, 0.1) is 7.11 Å². The molecule has 0 aliphatic carbocycles. The van der Waals surface area contributed by atoms with Gasteiger partial charge in [-0.15, -0.1) is 0 Å². The highest BCUT2D eigenvalue weighted by Crippen LogP contribution is 2.18. The largest absolute Gasteiger partial charge is 0.494 e. The van der Waals surface area contributed by atoms with Gasteiger partial charge in [0.25, 0.3) is 0 Å². The highest BCUT2D eigenvalue weighted by Gasteiger charge is 2.10. The average Bonchev–Trinajstić information content (AvgIpc) is 3.05. The molecule has 1 N–H and O–H groups in total. The predicted molar refractivity (Wildman–Crippen MR) is 106 cm³/mol. The van der Waals surface area contributed by atoms with Gasteiger partial charge in [-0.2, -0.15) is 0 Å². The van der Waals surface area contributed by atoms with Crippen LogP contribution in [0, 0.1) is 11.7 Å². The Morgan fingerprint density at radius 2 is 2.19 bits per heavy atom. The number of nitrogens with one attached hydrogen (secondary N) is 1. The van der Waals surface area contributed by atoms with Crippen molar-refractivity contribution in [3.05, 3.63) is 47.8 Å². The van der Waals surface area contributed by atoms with Crippen molar-refractivity contribution in [3.8, 4) is 5.75 Å². The number of aliphatic imine (C=N–C) groups is 1. The Morgan fingerprint density at radius 1 is 1.41 bits per heavy atom. The van der Waals surface area contributed by atoms with E-state index in [1.807, 2.05) is 37.3 Å². The molecule has 2 aromatic rings. The quantitative estimate of drug-likeness (QED) is 0.568. The maximum absolute atomic E-state index is 13.9. The molecule has 0 spiro atoms. The van der Waals surface area contributed by atoms with Crippen molar-refractivity contribution in [1.82, 2.24) is 19.8 Å². The lowest BCUT2D eigenvalue weighted by molar-refractivity contribution is 0.385. The van der Waals surface area contributed by atoms with E-state index in [2.05, 4.69) is 28.7 Å². The minimum atomic E-state index is -0.360. The molecular formula is C20H30FN5O. The summed E-state index contributed by atoms with van der Waals surface area (Å²) in [7, 11) is 3.40. The van der Waals surface area contributed by atoms with Crippen LogP contribution in [0.25, 0.3) is 0 Å². The maximum atomic E-state index is 13.9. The van der Waals surface area contributed by atoms with Gasteiger partial charge in [0.15, 0.2) is 17.5 Å². The third-order valence-corrected chi connectivity index (χ3v) is 4.07. The molecule has 0 saturated carbocycles. The highest BCUT2D eigenvalue weighted by molar-refractivity contribution is 5.79. The van der Waals surface area contributed by atoms with Crippen molar-refractivity contribution < 1.29 is 9.13 Å². The molecule has 7 heteroatoms. The summed E-state index contributed by atoms with van der Waals surface area (Å²) in [4.78, 5) is 11.1. The second kappa shape index (κ2) is 9.94. The molecule has 2 rings (SSSR count). The minimum Gasteiger partial charge on any atom is -0.494 e. The zero-order valence-electron chi connectivity index (χ0n) is 16.9. The molecule has 1 aromatic heterocycles. The molecule has 0 unspecified atom stereocenters. The molecule has 0 fully saturated rings. The number of imidazole rings is 1. The van der Waals surface area contributed by atoms with E-state index in [9.17, 15) is 4.39 Å². The van der Waals surface area contributed by atoms with Crippen LogP contribution in [0.1, 0.15) is 32.2 Å². The van der Waals surface area contributed by atoms with Crippen molar-refractivity contribution in [2.45, 2.75) is 40.4 Å². The Bertz CT molecular complexity index is 757. The van der Waals surface area contributed by atoms with Gasteiger partial charge in [0, 0.05) is 39.1 Å². The van der Waals surface area contributed by atoms with Gasteiger partial charge in [-0.3, -0.25) is 0 Å². The summed E-state index contributed by atoms with van der Waals surface area (Å²) in [6.07, 6.45) is 3.80. The number of halogens is 1. The normalized spacial score (nSPS) is 11.7. The van der Waals surface area contributed by atoms with Gasteiger partial charge in [-0.25, -0.2) is 14.4 Å². The summed E-state index contributed by atoms with van der Waals surface area (Å²) >= 11 is 0. The smallest absolute Gasteiger partial charge is 0.194 e. The van der Waals surface area contributed by atoms with E-state index in [1.165, 1.54) is 13.2 Å². The van der Waals surface area contributed by atoms with Crippen LogP contribution in [0.3, 0.4) is 0 Å². The summed E-state index contributed by atoms with van der Waals surface area (Å²) in [5.74, 6) is 2.12. The Morgan fingerprint density at radius 3 is 2.81 bits per heavy atom. The standard InChI is InChI=1S/C20H30FN5O/c1-6-22-20(24-12-19-23-9-10-26(19)13-15(2)3)25(4)14-16-7-8-18(27-5)17(21)11-16/h7-11,15H,6,12-14H2,1-5H3,(H,22,24). The summed E-state index contributed by atoms with van der Waals surface area (Å²) < 4.78 is 21.0. The van der Waals surface area contributed by atoms with E-state index in [4.69, 9.17) is 9.73 Å². The first kappa shape index (κ1) is 20.7. The summed E-state index contributed by atoms with van der Waals surface area (Å²) in [6, 6.07) is 5.00. The first-order valence-electron chi connectivity index (χ1n) is 9.26. The SMILES string of the molecule is CCNC(=NCc1nccn1CC(C)C)N(C)Cc1ccc(OC)c(F)c1. The molecule has 0 saturated heterocycles. The Hall–Kier alpha value is -2.57. The van der Waals surface area contributed by atoms with Crippen molar-refractivity contribution >= 4 is 5.96 Å². The van der Waals surface area contributed by atoms with E-state index in [-0.39, 0.29) is 11.6 Å². The average molecular weight is 375 g/mol. The number of guanidine groups is 1. The third-order valence-electron chi connectivity index (χ3n) is 4.07. The summed E-state index contributed by atoms with van der Waals surface area (Å²) in [5, 5.41) is 3.28. The van der Waals surface area contributed by atoms with Crippen LogP contribution in [-0.2, 0) is 19.6 Å². The van der Waals surface area contributed by atoms with E-state index in [0.29, 0.717) is 19.0 Å². The molecule has 0 radical (unpaired) electrons. The molecule has 27 heavy (non-hydrogen) atoms. The number of methoxy groups -OCH3 is 1. The number of ether oxygens (including phenoxy) is 1. The van der Waals surface area contributed by atoms with Crippen LogP contribution in [0.15, 0.2) is 35.6 Å². The number of aromatic nitrogens is 2. The number of benzene rings is 1. The monoisotopic (exact) mass is 375 g/mol. The van der Waals surface area contributed by atoms with Crippen molar-refractivity contribution in [2.24, 2.45) is 10.9 Å². The number of hydrogen-bond donors (Lipinski definition) is 1. The van der Waals surface area contributed by atoms with E-state index < -0.39 is 0 Å². The van der Waals surface area contributed by atoms with Crippen molar-refractivity contribution in [2.75, 3.05) is 20.7 Å². The van der Waals surface area contributed by atoms with E-state index >= 15 is 0 Å². The molecule has 0 aliphatic heterocycles. The molecular weight excluding hydrogens is 345 g/mol. The third kappa shape index (κ3) is 5.98. The van der Waals surface area contributed by atoms with Crippen LogP contribution in [0.5, 0.6) is 5.75 Å². The van der Waals surface area contributed by atoms with Crippen molar-refractivity contribution in [3.63, 3.8) is 0 Å². The van der Waals surface area contributed by atoms with Gasteiger partial charge in [0.1, 0.15) is 12.4 Å². The van der Waals surface area contributed by atoms with Gasteiger partial charge >= 0.3 is 0 Å². The molecule has 0 amide bonds. The lowest BCUT2D eigenvalue weighted by atomic mass is 10.2. The number of hydrogen-bond acceptors (Lipinski definition) is 3. The zero-order valence-corrected chi connectivity index (χ0v) is 16.9. The van der Waals surface area contributed by atoms with Crippen LogP contribution in [-0.4, -0.2) is 41.1 Å². The molecule has 0 bridgehead atoms. The molecule has 148 valence electrons. The Labute approximate surface area is 161 Å². The van der Waals surface area contributed by atoms with E-state index in [0.717, 1.165) is 30.4 Å². The fourth-order valence-electron chi connectivity index (χ4n) is 2.82. The molecule has 1 aromatic carbocycles. The summed E-state index contributed by atoms with van der Waals surface area (Å²) in [6.45, 7) is 9.08.